The molecule has 0 radical (unpaired) electrons. The number of esters is 15. The summed E-state index contributed by atoms with van der Waals surface area (Å²) in [6.45, 7) is 17.3. The van der Waals surface area contributed by atoms with Crippen molar-refractivity contribution in [2.75, 3.05) is 142 Å². The van der Waals surface area contributed by atoms with Gasteiger partial charge in [-0.1, -0.05) is 20.8 Å². The van der Waals surface area contributed by atoms with Gasteiger partial charge in [0.1, 0.15) is 32.7 Å². The van der Waals surface area contributed by atoms with Gasteiger partial charge in [0.15, 0.2) is 80.9 Å². The minimum Gasteiger partial charge on any atom is -0.456 e. The molecule has 39 nitrogen and oxygen atoms in total. The molecule has 4 aliphatic heterocycles. The van der Waals surface area contributed by atoms with Gasteiger partial charge < -0.3 is 113 Å². The summed E-state index contributed by atoms with van der Waals surface area (Å²) in [7, 11) is 14.4. The molecule has 0 amide bonds. The summed E-state index contributed by atoms with van der Waals surface area (Å²) in [5.41, 5.74) is 0. The number of quaternary nitrogens is 4. The molecule has 0 spiro atoms. The molecular formula is C78H118N4O35+4. The van der Waals surface area contributed by atoms with Crippen molar-refractivity contribution in [3.63, 3.8) is 0 Å². The van der Waals surface area contributed by atoms with E-state index >= 15 is 0 Å². The number of carbonyl (C=O) groups excluding carboxylic acids is 15. The maximum Gasteiger partial charge on any atom is 0.364 e. The first-order chi connectivity index (χ1) is 54.5. The largest absolute Gasteiger partial charge is 0.456 e. The molecule has 117 heavy (non-hydrogen) atoms. The number of rotatable bonds is 35. The van der Waals surface area contributed by atoms with E-state index in [0.717, 1.165) is 27.7 Å². The zero-order chi connectivity index (χ0) is 89.3. The summed E-state index contributed by atoms with van der Waals surface area (Å²) in [5.74, 6) is 0.501. The van der Waals surface area contributed by atoms with Crippen molar-refractivity contribution in [3.8, 4) is 49.4 Å². The van der Waals surface area contributed by atoms with E-state index in [2.05, 4.69) is 23.7 Å². The van der Waals surface area contributed by atoms with Gasteiger partial charge in [0.2, 0.25) is 37.2 Å². The summed E-state index contributed by atoms with van der Waals surface area (Å²) in [5, 5.41) is 0. The van der Waals surface area contributed by atoms with Crippen LogP contribution in [-0.2, 0) is 167 Å². The van der Waals surface area contributed by atoms with E-state index in [1.54, 1.807) is 49.2 Å². The number of hydrogen-bond acceptors (Lipinski definition) is 35. The SMILES string of the molecule is C#CC[N+](C)(C)CC(=O)O[C@@H]1OC[C@@H](OC(C)=O)[C@H](OC(C)=O)[C@H]1OC(C)=O.C#CC[N+](C)(C)CC(=O)O[C@@H]1OC[C@H](OC(=O)CCC)[C@H](OC(=O)CCC)[C@H]1OC(=O)CCC.C#CC[N+](C)(C)CC(=O)O[C@@H]1OC[C@H](OC(C)=O)[C@H](OC(C)=O)[C@H]1OC(C)=O.C#CC[N+](C)(C)CCO[C@@H]1OC[C@H](OC(C)=O)[C@H](OC(C)=O)[C@H]1OC(C)=O. The standard InChI is InChI=1S/C24H38NO9.2C18H26NO9.C18H28NO8/c1-7-11-18(26)31-17-16-30-24(34-21(29)15-25(5,6)14-10-4)23(33-20(28)13-9-3)22(17)32-19(27)12-8-2;2*1-7-8-19(5,6)9-15(23)28-18-17(27-13(4)22)16(26-12(3)21)14(10-24-18)25-11(2)20;1-7-8-19(5,6)9-10-23-18-17(27-14(4)22)16(26-13(3)21)15(11-24-18)25-12(2)20/h4,17,22-24H,7-9,11-16H2,1-3,5-6H3;2*1,14,16-18H,8-10H2,2-6H3;1,15-18H,8-11H2,2-6H3/q4*+1/t17-,22-,23+,24-;14-,16+,17-,18+;14-,16-,17+,18-;15-,16-,17+,18+/m0100/s1. The lowest BCUT2D eigenvalue weighted by Gasteiger charge is -2.40. The van der Waals surface area contributed by atoms with Crippen molar-refractivity contribution in [2.24, 2.45) is 0 Å². The normalized spacial score (nSPS) is 24.0. The van der Waals surface area contributed by atoms with Crippen molar-refractivity contribution in [3.05, 3.63) is 0 Å². The van der Waals surface area contributed by atoms with E-state index in [9.17, 15) is 71.9 Å². The van der Waals surface area contributed by atoms with Gasteiger partial charge in [0.05, 0.1) is 89.4 Å². The smallest absolute Gasteiger partial charge is 0.364 e. The Bertz CT molecular complexity index is 3420. The minimum absolute atomic E-state index is 0.0606. The molecule has 0 aromatic rings. The molecule has 0 aromatic carbocycles. The average molecular weight is 1670 g/mol. The Labute approximate surface area is 682 Å². The second-order valence-electron chi connectivity index (χ2n) is 29.6. The number of likely N-dealkylation sites (N-methyl/N-ethyl adjacent to an activating group) is 4. The fraction of sp³-hybridized carbons (Fsp3) is 0.705. The Morgan fingerprint density at radius 2 is 0.496 bits per heavy atom. The third-order valence-corrected chi connectivity index (χ3v) is 15.9. The maximum absolute atomic E-state index is 12.6. The van der Waals surface area contributed by atoms with Crippen LogP contribution in [0.2, 0.25) is 0 Å². The van der Waals surface area contributed by atoms with E-state index in [0.29, 0.717) is 56.5 Å². The lowest BCUT2D eigenvalue weighted by molar-refractivity contribution is -0.883. The summed E-state index contributed by atoms with van der Waals surface area (Å²) < 4.78 is 108. The van der Waals surface area contributed by atoms with Crippen LogP contribution in [0.1, 0.15) is 122 Å². The molecule has 0 aromatic heterocycles. The first-order valence-corrected chi connectivity index (χ1v) is 37.3. The van der Waals surface area contributed by atoms with Crippen LogP contribution < -0.4 is 0 Å². The first kappa shape index (κ1) is 105. The Morgan fingerprint density at radius 1 is 0.282 bits per heavy atom. The van der Waals surface area contributed by atoms with Crippen LogP contribution >= 0.6 is 0 Å². The summed E-state index contributed by atoms with van der Waals surface area (Å²) in [6, 6.07) is 0. The van der Waals surface area contributed by atoms with Gasteiger partial charge in [0, 0.05) is 81.6 Å². The van der Waals surface area contributed by atoms with Crippen LogP contribution in [0.15, 0.2) is 0 Å². The quantitative estimate of drug-likeness (QED) is 0.0358. The molecule has 0 aliphatic carbocycles. The molecule has 4 aliphatic rings. The number of hydrogen-bond donors (Lipinski definition) is 0. The first-order valence-electron chi connectivity index (χ1n) is 37.3. The highest BCUT2D eigenvalue weighted by atomic mass is 16.8. The Kier molecular flexibility index (Phi) is 46.5. The number of terminal acetylenes is 4. The Hall–Kier alpha value is -10.1. The number of nitrogens with zero attached hydrogens (tertiary/aromatic N) is 4. The van der Waals surface area contributed by atoms with Gasteiger partial charge in [-0.25, -0.2) is 14.4 Å². The van der Waals surface area contributed by atoms with E-state index in [4.69, 9.17) is 120 Å². The molecule has 0 saturated carbocycles. The highest BCUT2D eigenvalue weighted by Crippen LogP contribution is 2.31. The molecule has 4 heterocycles. The predicted octanol–water partition coefficient (Wildman–Crippen LogP) is 0.376. The molecule has 16 atom stereocenters. The second-order valence-corrected chi connectivity index (χ2v) is 29.6. The topological polar surface area (TPSA) is 441 Å². The molecule has 656 valence electrons. The molecule has 0 bridgehead atoms. The van der Waals surface area contributed by atoms with E-state index in [-0.39, 0.29) is 85.4 Å². The third-order valence-electron chi connectivity index (χ3n) is 15.9. The monoisotopic (exact) mass is 1670 g/mol. The fourth-order valence-electron chi connectivity index (χ4n) is 11.1. The molecule has 0 N–H and O–H groups in total. The summed E-state index contributed by atoms with van der Waals surface area (Å²) in [4.78, 5) is 177. The average Bonchev–Trinajstić information content (AvgIpc) is 0.818. The zero-order valence-corrected chi connectivity index (χ0v) is 70.6. The van der Waals surface area contributed by atoms with E-state index in [1.807, 2.05) is 27.9 Å². The second kappa shape index (κ2) is 51.9. The molecule has 4 rings (SSSR count). The molecule has 0 unspecified atom stereocenters. The minimum atomic E-state index is -1.35. The van der Waals surface area contributed by atoms with Gasteiger partial charge in [-0.2, -0.15) is 0 Å². The Morgan fingerprint density at radius 3 is 0.761 bits per heavy atom. The zero-order valence-electron chi connectivity index (χ0n) is 70.6. The predicted molar refractivity (Wildman–Crippen MR) is 400 cm³/mol. The van der Waals surface area contributed by atoms with Gasteiger partial charge in [0.25, 0.3) is 0 Å². The van der Waals surface area contributed by atoms with Crippen LogP contribution in [0.25, 0.3) is 0 Å². The van der Waals surface area contributed by atoms with Gasteiger partial charge >= 0.3 is 89.5 Å². The fourth-order valence-corrected chi connectivity index (χ4v) is 11.1. The van der Waals surface area contributed by atoms with Crippen LogP contribution in [-0.4, -0.2) is 348 Å². The van der Waals surface area contributed by atoms with Crippen molar-refractivity contribution in [1.29, 1.82) is 0 Å². The number of carbonyl (C=O) groups is 15. The molecule has 4 fully saturated rings. The van der Waals surface area contributed by atoms with Crippen LogP contribution in [0.3, 0.4) is 0 Å². The van der Waals surface area contributed by atoms with Gasteiger partial charge in [-0.05, 0) is 42.9 Å². The van der Waals surface area contributed by atoms with Crippen molar-refractivity contribution >= 4 is 89.5 Å². The highest BCUT2D eigenvalue weighted by molar-refractivity contribution is 5.75. The van der Waals surface area contributed by atoms with Crippen molar-refractivity contribution < 1.29 is 185 Å². The lowest BCUT2D eigenvalue weighted by atomic mass is 10.0. The maximum atomic E-state index is 12.6. The van der Waals surface area contributed by atoms with Crippen LogP contribution in [0.4, 0.5) is 0 Å². The van der Waals surface area contributed by atoms with Crippen LogP contribution in [0.5, 0.6) is 0 Å². The summed E-state index contributed by atoms with van der Waals surface area (Å²) >= 11 is 0. The van der Waals surface area contributed by atoms with E-state index < -0.39 is 188 Å². The third kappa shape index (κ3) is 42.1. The lowest BCUT2D eigenvalue weighted by Crippen LogP contribution is -2.59. The Balaban J connectivity index is 0.000000783. The molecule has 4 saturated heterocycles. The highest BCUT2D eigenvalue weighted by Gasteiger charge is 2.53. The summed E-state index contributed by atoms with van der Waals surface area (Å²) in [6.07, 6.45) is 4.58. The van der Waals surface area contributed by atoms with Crippen molar-refractivity contribution in [2.45, 2.75) is 220 Å². The van der Waals surface area contributed by atoms with Gasteiger partial charge in [-0.3, -0.25) is 57.5 Å². The van der Waals surface area contributed by atoms with E-state index in [1.165, 1.54) is 34.6 Å². The van der Waals surface area contributed by atoms with Crippen molar-refractivity contribution in [1.82, 2.24) is 0 Å². The van der Waals surface area contributed by atoms with Crippen LogP contribution in [0, 0.1) is 49.4 Å². The van der Waals surface area contributed by atoms with Gasteiger partial charge in [-0.15, -0.1) is 25.7 Å². The molecule has 39 heteroatoms. The molecular weight excluding hydrogens is 1550 g/mol. The number of ether oxygens (including phenoxy) is 20.